The second-order valence-corrected chi connectivity index (χ2v) is 4.96. The van der Waals surface area contributed by atoms with E-state index in [2.05, 4.69) is 13.8 Å². The lowest BCUT2D eigenvalue weighted by molar-refractivity contribution is 0.159. The molecule has 0 aromatic heterocycles. The van der Waals surface area contributed by atoms with Crippen LogP contribution in [0.25, 0.3) is 0 Å². The number of rotatable bonds is 4. The van der Waals surface area contributed by atoms with Crippen LogP contribution in [0.1, 0.15) is 49.5 Å². The summed E-state index contributed by atoms with van der Waals surface area (Å²) in [5.74, 6) is 0.414. The van der Waals surface area contributed by atoms with Crippen LogP contribution in [0.5, 0.6) is 0 Å². The summed E-state index contributed by atoms with van der Waals surface area (Å²) in [5.41, 5.74) is 2.05. The molecule has 0 radical (unpaired) electrons. The maximum atomic E-state index is 13.4. The molecule has 16 heavy (non-hydrogen) atoms. The highest BCUT2D eigenvalue weighted by atomic mass is 19.1. The molecular weight excluding hydrogens is 203 g/mol. The van der Waals surface area contributed by atoms with Gasteiger partial charge in [-0.3, -0.25) is 0 Å². The average molecular weight is 224 g/mol. The van der Waals surface area contributed by atoms with Crippen molar-refractivity contribution in [1.82, 2.24) is 0 Å². The standard InChI is InChI=1S/C14H21FO/c1-9(2)5-6-13(16)12-7-10(3)14(15)11(4)8-12/h7-9,13,16H,5-6H2,1-4H3. The summed E-state index contributed by atoms with van der Waals surface area (Å²) < 4.78 is 13.4. The third kappa shape index (κ3) is 3.31. The Kier molecular flexibility index (Phi) is 4.48. The highest BCUT2D eigenvalue weighted by Crippen LogP contribution is 2.24. The summed E-state index contributed by atoms with van der Waals surface area (Å²) in [6.07, 6.45) is 1.25. The first-order valence-corrected chi connectivity index (χ1v) is 5.86. The topological polar surface area (TPSA) is 20.2 Å². The summed E-state index contributed by atoms with van der Waals surface area (Å²) in [7, 11) is 0. The molecule has 0 spiro atoms. The van der Waals surface area contributed by atoms with E-state index < -0.39 is 6.10 Å². The molecule has 2 heteroatoms. The maximum Gasteiger partial charge on any atom is 0.129 e. The first kappa shape index (κ1) is 13.2. The van der Waals surface area contributed by atoms with E-state index in [1.54, 1.807) is 26.0 Å². The van der Waals surface area contributed by atoms with Gasteiger partial charge in [-0.15, -0.1) is 0 Å². The molecule has 0 amide bonds. The van der Waals surface area contributed by atoms with Gasteiger partial charge in [0.25, 0.3) is 0 Å². The van der Waals surface area contributed by atoms with Crippen LogP contribution in [0.2, 0.25) is 0 Å². The van der Waals surface area contributed by atoms with Crippen LogP contribution in [0.4, 0.5) is 4.39 Å². The molecule has 1 N–H and O–H groups in total. The lowest BCUT2D eigenvalue weighted by atomic mass is 9.97. The highest BCUT2D eigenvalue weighted by molar-refractivity contribution is 5.31. The van der Waals surface area contributed by atoms with Crippen LogP contribution in [0.15, 0.2) is 12.1 Å². The average Bonchev–Trinajstić information content (AvgIpc) is 2.21. The summed E-state index contributed by atoms with van der Waals surface area (Å²) in [6.45, 7) is 7.74. The van der Waals surface area contributed by atoms with E-state index in [0.717, 1.165) is 18.4 Å². The van der Waals surface area contributed by atoms with Crippen molar-refractivity contribution in [1.29, 1.82) is 0 Å². The molecule has 0 aliphatic carbocycles. The van der Waals surface area contributed by atoms with Crippen molar-refractivity contribution in [3.8, 4) is 0 Å². The summed E-state index contributed by atoms with van der Waals surface area (Å²) in [4.78, 5) is 0. The van der Waals surface area contributed by atoms with Gasteiger partial charge >= 0.3 is 0 Å². The Morgan fingerprint density at radius 3 is 2.06 bits per heavy atom. The van der Waals surface area contributed by atoms with Crippen LogP contribution >= 0.6 is 0 Å². The van der Waals surface area contributed by atoms with Gasteiger partial charge in [0.05, 0.1) is 6.10 Å². The Balaban J connectivity index is 2.80. The second kappa shape index (κ2) is 5.44. The van der Waals surface area contributed by atoms with Crippen LogP contribution in [0.3, 0.4) is 0 Å². The quantitative estimate of drug-likeness (QED) is 0.822. The van der Waals surface area contributed by atoms with Gasteiger partial charge in [-0.1, -0.05) is 26.0 Å². The molecule has 1 rings (SSSR count). The molecular formula is C14H21FO. The normalized spacial score (nSPS) is 13.2. The third-order valence-electron chi connectivity index (χ3n) is 2.86. The molecule has 1 aromatic rings. The van der Waals surface area contributed by atoms with E-state index in [-0.39, 0.29) is 5.82 Å². The van der Waals surface area contributed by atoms with Crippen LogP contribution in [0, 0.1) is 25.6 Å². The van der Waals surface area contributed by atoms with Crippen molar-refractivity contribution < 1.29 is 9.50 Å². The van der Waals surface area contributed by atoms with Gasteiger partial charge in [0, 0.05) is 0 Å². The number of hydrogen-bond donors (Lipinski definition) is 1. The summed E-state index contributed by atoms with van der Waals surface area (Å²) in [6, 6.07) is 3.49. The van der Waals surface area contributed by atoms with Crippen molar-refractivity contribution >= 4 is 0 Å². The molecule has 1 unspecified atom stereocenters. The predicted octanol–water partition coefficient (Wildman–Crippen LogP) is 3.91. The van der Waals surface area contributed by atoms with Crippen molar-refractivity contribution in [2.45, 2.75) is 46.6 Å². The minimum atomic E-state index is -0.472. The first-order chi connectivity index (χ1) is 7.41. The Labute approximate surface area is 97.3 Å². The fraction of sp³-hybridized carbons (Fsp3) is 0.571. The molecule has 0 fully saturated rings. The van der Waals surface area contributed by atoms with Crippen LogP contribution in [-0.2, 0) is 0 Å². The van der Waals surface area contributed by atoms with Crippen LogP contribution < -0.4 is 0 Å². The van der Waals surface area contributed by atoms with E-state index in [9.17, 15) is 9.50 Å². The zero-order valence-electron chi connectivity index (χ0n) is 10.5. The maximum absolute atomic E-state index is 13.4. The smallest absolute Gasteiger partial charge is 0.129 e. The number of hydrogen-bond acceptors (Lipinski definition) is 1. The zero-order chi connectivity index (χ0) is 12.3. The molecule has 90 valence electrons. The van der Waals surface area contributed by atoms with E-state index in [1.165, 1.54) is 0 Å². The Morgan fingerprint density at radius 1 is 1.12 bits per heavy atom. The van der Waals surface area contributed by atoms with Crippen molar-refractivity contribution in [3.63, 3.8) is 0 Å². The first-order valence-electron chi connectivity index (χ1n) is 5.86. The lowest BCUT2D eigenvalue weighted by Crippen LogP contribution is -2.02. The van der Waals surface area contributed by atoms with E-state index >= 15 is 0 Å². The predicted molar refractivity (Wildman–Crippen MR) is 64.9 cm³/mol. The number of halogens is 1. The Bertz CT molecular complexity index is 335. The largest absolute Gasteiger partial charge is 0.388 e. The number of aliphatic hydroxyl groups is 1. The van der Waals surface area contributed by atoms with Crippen molar-refractivity contribution in [3.05, 3.63) is 34.6 Å². The monoisotopic (exact) mass is 224 g/mol. The molecule has 0 saturated heterocycles. The Morgan fingerprint density at radius 2 is 1.62 bits per heavy atom. The number of aliphatic hydroxyl groups excluding tert-OH is 1. The van der Waals surface area contributed by atoms with E-state index in [0.29, 0.717) is 17.0 Å². The third-order valence-corrected chi connectivity index (χ3v) is 2.86. The fourth-order valence-corrected chi connectivity index (χ4v) is 1.83. The highest BCUT2D eigenvalue weighted by Gasteiger charge is 2.12. The lowest BCUT2D eigenvalue weighted by Gasteiger charge is -2.14. The minimum Gasteiger partial charge on any atom is -0.388 e. The molecule has 0 aliphatic rings. The summed E-state index contributed by atoms with van der Waals surface area (Å²) in [5, 5.41) is 9.99. The van der Waals surface area contributed by atoms with Gasteiger partial charge in [-0.2, -0.15) is 0 Å². The molecule has 0 heterocycles. The van der Waals surface area contributed by atoms with Gasteiger partial charge in [-0.05, 0) is 49.3 Å². The second-order valence-electron chi connectivity index (χ2n) is 4.96. The molecule has 0 bridgehead atoms. The van der Waals surface area contributed by atoms with E-state index in [4.69, 9.17) is 0 Å². The van der Waals surface area contributed by atoms with Gasteiger partial charge in [0.2, 0.25) is 0 Å². The summed E-state index contributed by atoms with van der Waals surface area (Å²) >= 11 is 0. The van der Waals surface area contributed by atoms with Gasteiger partial charge in [-0.25, -0.2) is 4.39 Å². The van der Waals surface area contributed by atoms with Gasteiger partial charge in [0.15, 0.2) is 0 Å². The molecule has 0 aliphatic heterocycles. The number of benzene rings is 1. The molecule has 1 aromatic carbocycles. The zero-order valence-corrected chi connectivity index (χ0v) is 10.5. The Hall–Kier alpha value is -0.890. The van der Waals surface area contributed by atoms with Crippen molar-refractivity contribution in [2.24, 2.45) is 5.92 Å². The van der Waals surface area contributed by atoms with Crippen LogP contribution in [-0.4, -0.2) is 5.11 Å². The van der Waals surface area contributed by atoms with Gasteiger partial charge in [0.1, 0.15) is 5.82 Å². The minimum absolute atomic E-state index is 0.167. The fourth-order valence-electron chi connectivity index (χ4n) is 1.83. The number of aryl methyl sites for hydroxylation is 2. The van der Waals surface area contributed by atoms with Crippen molar-refractivity contribution in [2.75, 3.05) is 0 Å². The SMILES string of the molecule is Cc1cc(C(O)CCC(C)C)cc(C)c1F. The molecule has 0 saturated carbocycles. The van der Waals surface area contributed by atoms with Gasteiger partial charge < -0.3 is 5.11 Å². The molecule has 1 nitrogen and oxygen atoms in total. The molecule has 1 atom stereocenters. The van der Waals surface area contributed by atoms with E-state index in [1.807, 2.05) is 0 Å².